The van der Waals surface area contributed by atoms with Gasteiger partial charge in [-0.25, -0.2) is 4.98 Å². The summed E-state index contributed by atoms with van der Waals surface area (Å²) in [5.41, 5.74) is 5.87. The fourth-order valence-electron chi connectivity index (χ4n) is 3.47. The van der Waals surface area contributed by atoms with Crippen molar-refractivity contribution in [2.45, 2.75) is 33.4 Å². The number of fused-ring (bicyclic) bond motifs is 1. The summed E-state index contributed by atoms with van der Waals surface area (Å²) in [5, 5.41) is 0.886. The average Bonchev–Trinajstić information content (AvgIpc) is 2.96. The van der Waals surface area contributed by atoms with Crippen LogP contribution in [0.5, 0.6) is 0 Å². The number of hydrogen-bond acceptors (Lipinski definition) is 3. The third-order valence-electron chi connectivity index (χ3n) is 4.93. The molecule has 0 N–H and O–H groups in total. The Balaban J connectivity index is 1.55. The van der Waals surface area contributed by atoms with Gasteiger partial charge in [0.2, 0.25) is 5.89 Å². The van der Waals surface area contributed by atoms with E-state index in [1.165, 1.54) is 16.7 Å². The molecule has 25 heavy (non-hydrogen) atoms. The highest BCUT2D eigenvalue weighted by Gasteiger charge is 2.21. The van der Waals surface area contributed by atoms with Gasteiger partial charge in [-0.2, -0.15) is 0 Å². The van der Waals surface area contributed by atoms with E-state index >= 15 is 0 Å². The monoisotopic (exact) mass is 352 g/mol. The van der Waals surface area contributed by atoms with Crippen LogP contribution in [0.2, 0.25) is 5.02 Å². The maximum Gasteiger partial charge on any atom is 0.226 e. The molecule has 2 aromatic carbocycles. The van der Waals surface area contributed by atoms with E-state index in [1.807, 2.05) is 31.2 Å². The van der Waals surface area contributed by atoms with Crippen LogP contribution in [0, 0.1) is 13.8 Å². The summed E-state index contributed by atoms with van der Waals surface area (Å²) in [6.45, 7) is 6.77. The fraction of sp³-hybridized carbons (Fsp3) is 0.286. The van der Waals surface area contributed by atoms with Crippen LogP contribution in [-0.2, 0) is 19.5 Å². The van der Waals surface area contributed by atoms with Crippen LogP contribution >= 0.6 is 11.6 Å². The van der Waals surface area contributed by atoms with E-state index in [9.17, 15) is 0 Å². The van der Waals surface area contributed by atoms with Crippen molar-refractivity contribution in [1.82, 2.24) is 9.88 Å². The molecular weight excluding hydrogens is 332 g/mol. The van der Waals surface area contributed by atoms with Crippen LogP contribution in [0.25, 0.3) is 11.5 Å². The van der Waals surface area contributed by atoms with Crippen LogP contribution < -0.4 is 0 Å². The lowest BCUT2D eigenvalue weighted by Crippen LogP contribution is -2.30. The normalized spacial score (nSPS) is 14.5. The molecule has 0 atom stereocenters. The molecule has 1 aliphatic heterocycles. The number of halogens is 1. The summed E-state index contributed by atoms with van der Waals surface area (Å²) < 4.78 is 5.95. The van der Waals surface area contributed by atoms with Gasteiger partial charge < -0.3 is 4.42 Å². The van der Waals surface area contributed by atoms with E-state index < -0.39 is 0 Å². The first-order valence-electron chi connectivity index (χ1n) is 8.63. The molecule has 2 heterocycles. The minimum absolute atomic E-state index is 0.714. The Morgan fingerprint density at radius 3 is 2.80 bits per heavy atom. The maximum absolute atomic E-state index is 6.32. The van der Waals surface area contributed by atoms with Gasteiger partial charge in [-0.3, -0.25) is 4.90 Å². The van der Waals surface area contributed by atoms with Gasteiger partial charge >= 0.3 is 0 Å². The maximum atomic E-state index is 6.32. The molecule has 0 unspecified atom stereocenters. The second kappa shape index (κ2) is 6.66. The van der Waals surface area contributed by atoms with Gasteiger partial charge in [-0.1, -0.05) is 41.9 Å². The Kier molecular flexibility index (Phi) is 4.36. The number of oxazole rings is 1. The van der Waals surface area contributed by atoms with Crippen molar-refractivity contribution in [3.05, 3.63) is 75.6 Å². The molecule has 3 nitrogen and oxygen atoms in total. The predicted octanol–water partition coefficient (Wildman–Crippen LogP) is 5.17. The van der Waals surface area contributed by atoms with Crippen molar-refractivity contribution in [1.29, 1.82) is 0 Å². The standard InChI is InChI=1S/C21H21ClN2O/c1-14-6-3-4-8-17(14)21-23-20(15(2)25-21)13-24-11-10-18-16(12-24)7-5-9-19(18)22/h3-9H,10-13H2,1-2H3. The second-order valence-corrected chi connectivity index (χ2v) is 7.08. The van der Waals surface area contributed by atoms with Crippen LogP contribution in [0.4, 0.5) is 0 Å². The third-order valence-corrected chi connectivity index (χ3v) is 5.28. The molecule has 1 aromatic heterocycles. The lowest BCUT2D eigenvalue weighted by molar-refractivity contribution is 0.242. The smallest absolute Gasteiger partial charge is 0.226 e. The van der Waals surface area contributed by atoms with Crippen molar-refractivity contribution >= 4 is 11.6 Å². The first kappa shape index (κ1) is 16.4. The molecular formula is C21H21ClN2O. The lowest BCUT2D eigenvalue weighted by atomic mass is 9.99. The number of aryl methyl sites for hydroxylation is 2. The molecule has 128 valence electrons. The Labute approximate surface area is 153 Å². The van der Waals surface area contributed by atoms with Gasteiger partial charge in [0.05, 0.1) is 5.69 Å². The summed E-state index contributed by atoms with van der Waals surface area (Å²) in [6, 6.07) is 14.4. The number of benzene rings is 2. The SMILES string of the molecule is Cc1ccccc1-c1nc(CN2CCc3c(Cl)cccc3C2)c(C)o1. The zero-order valence-corrected chi connectivity index (χ0v) is 15.3. The Hall–Kier alpha value is -2.10. The van der Waals surface area contributed by atoms with Gasteiger partial charge in [0.1, 0.15) is 5.76 Å². The van der Waals surface area contributed by atoms with E-state index in [0.29, 0.717) is 5.89 Å². The van der Waals surface area contributed by atoms with Crippen LogP contribution in [-0.4, -0.2) is 16.4 Å². The summed E-state index contributed by atoms with van der Waals surface area (Å²) in [4.78, 5) is 7.18. The Bertz CT molecular complexity index is 916. The van der Waals surface area contributed by atoms with E-state index in [2.05, 4.69) is 30.0 Å². The van der Waals surface area contributed by atoms with Crippen molar-refractivity contribution in [3.63, 3.8) is 0 Å². The van der Waals surface area contributed by atoms with Gasteiger partial charge in [0.25, 0.3) is 0 Å². The van der Waals surface area contributed by atoms with E-state index in [-0.39, 0.29) is 0 Å². The quantitative estimate of drug-likeness (QED) is 0.651. The van der Waals surface area contributed by atoms with Crippen LogP contribution in [0.3, 0.4) is 0 Å². The van der Waals surface area contributed by atoms with E-state index in [0.717, 1.165) is 48.1 Å². The molecule has 1 aliphatic rings. The van der Waals surface area contributed by atoms with Gasteiger partial charge in [-0.05, 0) is 49.1 Å². The molecule has 0 spiro atoms. The molecule has 3 aromatic rings. The van der Waals surface area contributed by atoms with Crippen LogP contribution in [0.15, 0.2) is 46.9 Å². The minimum atomic E-state index is 0.714. The van der Waals surface area contributed by atoms with Gasteiger partial charge in [0.15, 0.2) is 0 Å². The fourth-order valence-corrected chi connectivity index (χ4v) is 3.76. The highest BCUT2D eigenvalue weighted by Crippen LogP contribution is 2.29. The Morgan fingerprint density at radius 1 is 1.12 bits per heavy atom. The molecule has 0 saturated heterocycles. The van der Waals surface area contributed by atoms with E-state index in [4.69, 9.17) is 21.0 Å². The zero-order chi connectivity index (χ0) is 17.4. The molecule has 4 rings (SSSR count). The zero-order valence-electron chi connectivity index (χ0n) is 14.6. The van der Waals surface area contributed by atoms with E-state index in [1.54, 1.807) is 0 Å². The van der Waals surface area contributed by atoms with Crippen molar-refractivity contribution in [2.75, 3.05) is 6.54 Å². The highest BCUT2D eigenvalue weighted by molar-refractivity contribution is 6.31. The second-order valence-electron chi connectivity index (χ2n) is 6.67. The highest BCUT2D eigenvalue weighted by atomic mass is 35.5. The third kappa shape index (κ3) is 3.22. The molecule has 0 amide bonds. The number of rotatable bonds is 3. The molecule has 0 saturated carbocycles. The number of nitrogens with zero attached hydrogens (tertiary/aromatic N) is 2. The van der Waals surface area contributed by atoms with Crippen molar-refractivity contribution < 1.29 is 4.42 Å². The van der Waals surface area contributed by atoms with Crippen molar-refractivity contribution in [3.8, 4) is 11.5 Å². The lowest BCUT2D eigenvalue weighted by Gasteiger charge is -2.28. The summed E-state index contributed by atoms with van der Waals surface area (Å²) in [7, 11) is 0. The largest absolute Gasteiger partial charge is 0.441 e. The predicted molar refractivity (Wildman–Crippen MR) is 101 cm³/mol. The topological polar surface area (TPSA) is 29.3 Å². The molecule has 0 aliphatic carbocycles. The number of hydrogen-bond donors (Lipinski definition) is 0. The average molecular weight is 353 g/mol. The number of aromatic nitrogens is 1. The Morgan fingerprint density at radius 2 is 1.96 bits per heavy atom. The molecule has 0 fully saturated rings. The summed E-state index contributed by atoms with van der Waals surface area (Å²) in [5.74, 6) is 1.61. The summed E-state index contributed by atoms with van der Waals surface area (Å²) in [6.07, 6.45) is 0.983. The molecule has 0 bridgehead atoms. The summed E-state index contributed by atoms with van der Waals surface area (Å²) >= 11 is 6.32. The molecule has 4 heteroatoms. The van der Waals surface area contributed by atoms with Gasteiger partial charge in [0, 0.05) is 30.2 Å². The minimum Gasteiger partial charge on any atom is -0.441 e. The molecule has 0 radical (unpaired) electrons. The van der Waals surface area contributed by atoms with Crippen LogP contribution in [0.1, 0.15) is 28.1 Å². The first-order valence-corrected chi connectivity index (χ1v) is 9.00. The van der Waals surface area contributed by atoms with Gasteiger partial charge in [-0.15, -0.1) is 0 Å². The first-order chi connectivity index (χ1) is 12.1. The van der Waals surface area contributed by atoms with Crippen molar-refractivity contribution in [2.24, 2.45) is 0 Å².